The van der Waals surface area contributed by atoms with E-state index in [1.807, 2.05) is 58.9 Å². The van der Waals surface area contributed by atoms with E-state index in [9.17, 15) is 5.26 Å². The van der Waals surface area contributed by atoms with Crippen LogP contribution in [0.15, 0.2) is 12.2 Å². The fourth-order valence-electron chi connectivity index (χ4n) is 2.32. The van der Waals surface area contributed by atoms with Crippen molar-refractivity contribution in [1.29, 1.82) is 5.26 Å². The maximum atomic E-state index is 9.51. The maximum Gasteiger partial charge on any atom is 0.211 e. The van der Waals surface area contributed by atoms with E-state index in [0.717, 1.165) is 27.1 Å². The van der Waals surface area contributed by atoms with Crippen molar-refractivity contribution in [3.8, 4) is 11.2 Å². The topological polar surface area (TPSA) is 54.5 Å². The van der Waals surface area contributed by atoms with Crippen molar-refractivity contribution < 1.29 is 0 Å². The molecule has 0 saturated heterocycles. The fourth-order valence-corrected chi connectivity index (χ4v) is 3.34. The molecule has 134 valence electrons. The number of hydrogen-bond acceptors (Lipinski definition) is 4. The van der Waals surface area contributed by atoms with Crippen molar-refractivity contribution in [3.63, 3.8) is 0 Å². The lowest BCUT2D eigenvalue weighted by Crippen LogP contribution is -2.14. The number of nitriles is 1. The predicted octanol–water partition coefficient (Wildman–Crippen LogP) is 5.90. The highest BCUT2D eigenvalue weighted by atomic mass is 32.1. The maximum absolute atomic E-state index is 9.51. The second-order valence-electron chi connectivity index (χ2n) is 6.33. The Kier molecular flexibility index (Phi) is 7.32. The third-order valence-electron chi connectivity index (χ3n) is 3.43. The average Bonchev–Trinajstić information content (AvgIpc) is 3.11. The van der Waals surface area contributed by atoms with Gasteiger partial charge in [-0.15, -0.1) is 0 Å². The molecule has 0 N–H and O–H groups in total. The van der Waals surface area contributed by atoms with Crippen LogP contribution >= 0.6 is 11.3 Å². The Morgan fingerprint density at radius 1 is 1.12 bits per heavy atom. The molecule has 2 rings (SSSR count). The minimum Gasteiger partial charge on any atom is -0.218 e. The van der Waals surface area contributed by atoms with Gasteiger partial charge in [-0.3, -0.25) is 0 Å². The number of aromatic nitrogens is 3. The highest BCUT2D eigenvalue weighted by molar-refractivity contribution is 7.15. The Balaban J connectivity index is 0.00000151. The first-order chi connectivity index (χ1) is 11.8. The van der Waals surface area contributed by atoms with Gasteiger partial charge in [-0.25, -0.2) is 9.67 Å². The molecule has 0 bridgehead atoms. The van der Waals surface area contributed by atoms with Gasteiger partial charge in [0, 0.05) is 5.41 Å². The molecule has 25 heavy (non-hydrogen) atoms. The summed E-state index contributed by atoms with van der Waals surface area (Å²) >= 11 is 1.58. The molecular weight excluding hydrogens is 328 g/mol. The quantitative estimate of drug-likeness (QED) is 0.688. The zero-order valence-corrected chi connectivity index (χ0v) is 17.3. The third-order valence-corrected chi connectivity index (χ3v) is 4.44. The van der Waals surface area contributed by atoms with Gasteiger partial charge >= 0.3 is 0 Å². The lowest BCUT2D eigenvalue weighted by molar-refractivity contribution is 0.558. The van der Waals surface area contributed by atoms with Crippen LogP contribution in [0, 0.1) is 18.3 Å². The average molecular weight is 357 g/mol. The highest BCUT2D eigenvalue weighted by Crippen LogP contribution is 2.30. The van der Waals surface area contributed by atoms with Gasteiger partial charge in [0.25, 0.3) is 0 Å². The molecule has 2 aromatic rings. The molecule has 0 aliphatic rings. The lowest BCUT2D eigenvalue weighted by Gasteiger charge is -2.15. The minimum atomic E-state index is -0.184. The van der Waals surface area contributed by atoms with Crippen LogP contribution in [0.5, 0.6) is 0 Å². The Morgan fingerprint density at radius 3 is 2.16 bits per heavy atom. The van der Waals surface area contributed by atoms with Crippen LogP contribution in [0.3, 0.4) is 0 Å². The van der Waals surface area contributed by atoms with Crippen molar-refractivity contribution in [2.75, 3.05) is 0 Å². The van der Waals surface area contributed by atoms with Crippen molar-refractivity contribution in [1.82, 2.24) is 14.8 Å². The van der Waals surface area contributed by atoms with Crippen LogP contribution in [-0.4, -0.2) is 14.8 Å². The molecule has 0 fully saturated rings. The van der Waals surface area contributed by atoms with Gasteiger partial charge in [0.15, 0.2) is 0 Å². The SMILES string of the molecule is C/C=C\c1nc(-n2nc(C(C)(C)C)c(C#N)c2C)sc1/C=C\C.CC. The molecule has 0 amide bonds. The Hall–Kier alpha value is -2.19. The molecule has 2 heterocycles. The lowest BCUT2D eigenvalue weighted by atomic mass is 9.89. The summed E-state index contributed by atoms with van der Waals surface area (Å²) in [6, 6.07) is 2.30. The first-order valence-electron chi connectivity index (χ1n) is 8.60. The van der Waals surface area contributed by atoms with Crippen LogP contribution < -0.4 is 0 Å². The van der Waals surface area contributed by atoms with Crippen molar-refractivity contribution in [2.24, 2.45) is 0 Å². The van der Waals surface area contributed by atoms with Gasteiger partial charge in [0.2, 0.25) is 5.13 Å². The number of hydrogen-bond donors (Lipinski definition) is 0. The number of nitrogens with zero attached hydrogens (tertiary/aromatic N) is 4. The van der Waals surface area contributed by atoms with E-state index in [4.69, 9.17) is 10.1 Å². The van der Waals surface area contributed by atoms with E-state index in [1.165, 1.54) is 0 Å². The Bertz CT molecular complexity index is 779. The molecule has 0 aromatic carbocycles. The monoisotopic (exact) mass is 356 g/mol. The first-order valence-corrected chi connectivity index (χ1v) is 9.42. The zero-order valence-electron chi connectivity index (χ0n) is 16.5. The molecule has 0 radical (unpaired) electrons. The summed E-state index contributed by atoms with van der Waals surface area (Å²) < 4.78 is 1.80. The summed E-state index contributed by atoms with van der Waals surface area (Å²) in [5.74, 6) is 0. The molecule has 2 aromatic heterocycles. The smallest absolute Gasteiger partial charge is 0.211 e. The van der Waals surface area contributed by atoms with Crippen LogP contribution in [0.2, 0.25) is 0 Å². The van der Waals surface area contributed by atoms with E-state index in [1.54, 1.807) is 16.0 Å². The summed E-state index contributed by atoms with van der Waals surface area (Å²) in [7, 11) is 0. The predicted molar refractivity (Wildman–Crippen MR) is 108 cm³/mol. The van der Waals surface area contributed by atoms with Crippen LogP contribution in [-0.2, 0) is 5.41 Å². The van der Waals surface area contributed by atoms with Crippen LogP contribution in [0.4, 0.5) is 0 Å². The molecule has 0 aliphatic carbocycles. The van der Waals surface area contributed by atoms with Gasteiger partial charge in [0.1, 0.15) is 6.07 Å². The number of rotatable bonds is 3. The largest absolute Gasteiger partial charge is 0.218 e. The van der Waals surface area contributed by atoms with Crippen molar-refractivity contribution >= 4 is 23.5 Å². The molecule has 0 spiro atoms. The fraction of sp³-hybridized carbons (Fsp3) is 0.450. The standard InChI is InChI=1S/C18H22N4S.C2H6/c1-7-9-14-15(10-8-2)23-17(20-14)22-12(3)13(11-19)16(21-22)18(4,5)6;1-2/h7-10H,1-6H3;1-2H3/b9-7-,10-8-;. The van der Waals surface area contributed by atoms with Crippen LogP contribution in [0.25, 0.3) is 17.3 Å². The molecule has 0 unspecified atom stereocenters. The third kappa shape index (κ3) is 4.46. The van der Waals surface area contributed by atoms with Gasteiger partial charge in [-0.2, -0.15) is 10.4 Å². The summed E-state index contributed by atoms with van der Waals surface area (Å²) in [4.78, 5) is 5.78. The van der Waals surface area contributed by atoms with Gasteiger partial charge < -0.3 is 0 Å². The van der Waals surface area contributed by atoms with Gasteiger partial charge in [0.05, 0.1) is 27.5 Å². The zero-order chi connectivity index (χ0) is 19.2. The summed E-state index contributed by atoms with van der Waals surface area (Å²) in [5, 5.41) is 15.0. The first kappa shape index (κ1) is 20.9. The Labute approximate surface area is 155 Å². The van der Waals surface area contributed by atoms with Crippen molar-refractivity contribution in [2.45, 2.75) is 60.8 Å². The van der Waals surface area contributed by atoms with E-state index >= 15 is 0 Å². The molecule has 5 heteroatoms. The molecule has 0 aliphatic heterocycles. The normalized spacial score (nSPS) is 11.6. The highest BCUT2D eigenvalue weighted by Gasteiger charge is 2.26. The summed E-state index contributed by atoms with van der Waals surface area (Å²) in [6.45, 7) is 16.1. The van der Waals surface area contributed by atoms with Gasteiger partial charge in [-0.05, 0) is 32.9 Å². The second-order valence-corrected chi connectivity index (χ2v) is 7.34. The van der Waals surface area contributed by atoms with E-state index in [-0.39, 0.29) is 5.41 Å². The van der Waals surface area contributed by atoms with Gasteiger partial charge in [-0.1, -0.05) is 58.1 Å². The summed E-state index contributed by atoms with van der Waals surface area (Å²) in [5.41, 5.74) is 3.04. The molecule has 0 atom stereocenters. The number of thiazole rings is 1. The summed E-state index contributed by atoms with van der Waals surface area (Å²) in [6.07, 6.45) is 8.01. The van der Waals surface area contributed by atoms with Crippen molar-refractivity contribution in [3.05, 3.63) is 39.7 Å². The Morgan fingerprint density at radius 2 is 1.72 bits per heavy atom. The second kappa shape index (κ2) is 8.77. The molecule has 0 saturated carbocycles. The minimum absolute atomic E-state index is 0.184. The van der Waals surface area contributed by atoms with Crippen LogP contribution in [0.1, 0.15) is 76.0 Å². The van der Waals surface area contributed by atoms with E-state index in [0.29, 0.717) is 5.56 Å². The number of allylic oxidation sites excluding steroid dienone is 2. The molecule has 4 nitrogen and oxygen atoms in total. The molecular formula is C20H28N4S. The van der Waals surface area contributed by atoms with E-state index < -0.39 is 0 Å². The van der Waals surface area contributed by atoms with E-state index in [2.05, 4.69) is 26.8 Å².